The first-order valence-corrected chi connectivity index (χ1v) is 6.50. The van der Waals surface area contributed by atoms with E-state index in [-0.39, 0.29) is 0 Å². The van der Waals surface area contributed by atoms with Crippen LogP contribution in [0, 0.1) is 0 Å². The smallest absolute Gasteiger partial charge is 0.408 e. The average molecular weight is 260 g/mol. The largest absolute Gasteiger partial charge is 0.450 e. The lowest BCUT2D eigenvalue weighted by Gasteiger charge is -2.19. The molecule has 0 unspecified atom stereocenters. The van der Waals surface area contributed by atoms with Gasteiger partial charge in [-0.2, -0.15) is 0 Å². The first kappa shape index (κ1) is 16.5. The third kappa shape index (κ3) is 8.66. The molecular weight excluding hydrogens is 236 g/mol. The van der Waals surface area contributed by atoms with E-state index in [0.717, 1.165) is 19.3 Å². The van der Waals surface area contributed by atoms with Gasteiger partial charge in [-0.25, -0.2) is 9.59 Å². The SMILES string of the molecule is CCCCCC(NC(=O)OCC)NC(=O)OCC. The highest BCUT2D eigenvalue weighted by Gasteiger charge is 2.15. The van der Waals surface area contributed by atoms with Crippen LogP contribution < -0.4 is 10.6 Å². The minimum absolute atomic E-state index is 0.299. The molecule has 2 amide bonds. The number of carbonyl (C=O) groups is 2. The highest BCUT2D eigenvalue weighted by atomic mass is 16.6. The molecule has 0 aliphatic heterocycles. The molecule has 0 saturated heterocycles. The molecule has 0 heterocycles. The predicted molar refractivity (Wildman–Crippen MR) is 68.2 cm³/mol. The van der Waals surface area contributed by atoms with Crippen molar-refractivity contribution < 1.29 is 19.1 Å². The topological polar surface area (TPSA) is 76.7 Å². The molecule has 0 atom stereocenters. The molecule has 18 heavy (non-hydrogen) atoms. The standard InChI is InChI=1S/C12H24N2O4/c1-4-7-8-9-10(13-11(15)17-5-2)14-12(16)18-6-3/h10H,4-9H2,1-3H3,(H,13,15)(H,14,16). The van der Waals surface area contributed by atoms with Crippen LogP contribution in [0.15, 0.2) is 0 Å². The van der Waals surface area contributed by atoms with Gasteiger partial charge in [0.25, 0.3) is 0 Å². The van der Waals surface area contributed by atoms with Crippen molar-refractivity contribution in [1.82, 2.24) is 10.6 Å². The van der Waals surface area contributed by atoms with Crippen molar-refractivity contribution in [3.05, 3.63) is 0 Å². The zero-order chi connectivity index (χ0) is 13.8. The van der Waals surface area contributed by atoms with Crippen LogP contribution in [0.3, 0.4) is 0 Å². The van der Waals surface area contributed by atoms with E-state index in [9.17, 15) is 9.59 Å². The molecule has 0 aromatic rings. The Hall–Kier alpha value is -1.46. The van der Waals surface area contributed by atoms with E-state index in [2.05, 4.69) is 17.6 Å². The number of rotatable bonds is 8. The summed E-state index contributed by atoms with van der Waals surface area (Å²) in [7, 11) is 0. The van der Waals surface area contributed by atoms with E-state index < -0.39 is 18.4 Å². The summed E-state index contributed by atoms with van der Waals surface area (Å²) in [6, 6.07) is 0. The van der Waals surface area contributed by atoms with Crippen molar-refractivity contribution in [1.29, 1.82) is 0 Å². The molecule has 106 valence electrons. The highest BCUT2D eigenvalue weighted by molar-refractivity contribution is 5.70. The summed E-state index contributed by atoms with van der Waals surface area (Å²) in [6.45, 7) is 6.14. The fraction of sp³-hybridized carbons (Fsp3) is 0.833. The number of ether oxygens (including phenoxy) is 2. The maximum atomic E-state index is 11.3. The quantitative estimate of drug-likeness (QED) is 0.519. The van der Waals surface area contributed by atoms with Crippen LogP contribution in [0.4, 0.5) is 9.59 Å². The summed E-state index contributed by atoms with van der Waals surface area (Å²) in [5.74, 6) is 0. The third-order valence-corrected chi connectivity index (χ3v) is 2.23. The van der Waals surface area contributed by atoms with Gasteiger partial charge in [0.05, 0.1) is 13.2 Å². The van der Waals surface area contributed by atoms with Gasteiger partial charge in [-0.1, -0.05) is 19.8 Å². The first-order chi connectivity index (χ1) is 8.63. The molecule has 0 saturated carbocycles. The van der Waals surface area contributed by atoms with Gasteiger partial charge in [0.2, 0.25) is 0 Å². The van der Waals surface area contributed by atoms with Gasteiger partial charge < -0.3 is 20.1 Å². The van der Waals surface area contributed by atoms with Crippen molar-refractivity contribution >= 4 is 12.2 Å². The number of nitrogens with one attached hydrogen (secondary N) is 2. The number of hydrogen-bond acceptors (Lipinski definition) is 4. The number of carbonyl (C=O) groups excluding carboxylic acids is 2. The molecule has 0 bridgehead atoms. The fourth-order valence-electron chi connectivity index (χ4n) is 1.41. The van der Waals surface area contributed by atoms with E-state index in [1.807, 2.05) is 0 Å². The minimum Gasteiger partial charge on any atom is -0.450 e. The molecule has 0 aromatic heterocycles. The average Bonchev–Trinajstić information content (AvgIpc) is 2.29. The van der Waals surface area contributed by atoms with Gasteiger partial charge in [0.15, 0.2) is 0 Å². The Balaban J connectivity index is 4.14. The van der Waals surface area contributed by atoms with Crippen LogP contribution in [-0.2, 0) is 9.47 Å². The van der Waals surface area contributed by atoms with Gasteiger partial charge in [-0.3, -0.25) is 0 Å². The second kappa shape index (κ2) is 10.7. The van der Waals surface area contributed by atoms with E-state index >= 15 is 0 Å². The van der Waals surface area contributed by atoms with Crippen molar-refractivity contribution in [2.75, 3.05) is 13.2 Å². The predicted octanol–water partition coefficient (Wildman–Crippen LogP) is 2.39. The van der Waals surface area contributed by atoms with Crippen LogP contribution in [0.2, 0.25) is 0 Å². The van der Waals surface area contributed by atoms with Crippen LogP contribution in [-0.4, -0.2) is 31.6 Å². The summed E-state index contributed by atoms with van der Waals surface area (Å²) in [5, 5.41) is 5.19. The molecule has 0 aromatic carbocycles. The molecule has 0 radical (unpaired) electrons. The lowest BCUT2D eigenvalue weighted by Crippen LogP contribution is -2.48. The molecule has 0 fully saturated rings. The van der Waals surface area contributed by atoms with Gasteiger partial charge in [0.1, 0.15) is 6.17 Å². The summed E-state index contributed by atoms with van der Waals surface area (Å²) in [5.41, 5.74) is 0. The van der Waals surface area contributed by atoms with E-state index in [1.165, 1.54) is 0 Å². The third-order valence-electron chi connectivity index (χ3n) is 2.23. The monoisotopic (exact) mass is 260 g/mol. The number of unbranched alkanes of at least 4 members (excludes halogenated alkanes) is 2. The molecular formula is C12H24N2O4. The molecule has 0 aliphatic carbocycles. The summed E-state index contributed by atoms with van der Waals surface area (Å²) in [4.78, 5) is 22.6. The summed E-state index contributed by atoms with van der Waals surface area (Å²) in [6.07, 6.45) is 2.18. The Labute approximate surface area is 108 Å². The Morgan fingerprint density at radius 2 is 1.44 bits per heavy atom. The van der Waals surface area contributed by atoms with Crippen LogP contribution in [0.1, 0.15) is 46.5 Å². The minimum atomic E-state index is -0.532. The van der Waals surface area contributed by atoms with Gasteiger partial charge in [-0.15, -0.1) is 0 Å². The number of hydrogen-bond donors (Lipinski definition) is 2. The van der Waals surface area contributed by atoms with Crippen LogP contribution in [0.25, 0.3) is 0 Å². The lowest BCUT2D eigenvalue weighted by atomic mass is 10.2. The van der Waals surface area contributed by atoms with Crippen LogP contribution in [0.5, 0.6) is 0 Å². The van der Waals surface area contributed by atoms with Gasteiger partial charge in [-0.05, 0) is 26.7 Å². The molecule has 0 rings (SSSR count). The van der Waals surface area contributed by atoms with Gasteiger partial charge >= 0.3 is 12.2 Å². The summed E-state index contributed by atoms with van der Waals surface area (Å²) >= 11 is 0. The Morgan fingerprint density at radius 1 is 0.944 bits per heavy atom. The molecule has 0 aliphatic rings. The number of alkyl carbamates (subject to hydrolysis) is 2. The van der Waals surface area contributed by atoms with Crippen molar-refractivity contribution in [2.24, 2.45) is 0 Å². The van der Waals surface area contributed by atoms with Crippen molar-refractivity contribution in [2.45, 2.75) is 52.6 Å². The summed E-state index contributed by atoms with van der Waals surface area (Å²) < 4.78 is 9.56. The Morgan fingerprint density at radius 3 is 1.83 bits per heavy atom. The Bertz CT molecular complexity index is 226. The molecule has 0 spiro atoms. The molecule has 6 nitrogen and oxygen atoms in total. The lowest BCUT2D eigenvalue weighted by molar-refractivity contribution is 0.133. The zero-order valence-corrected chi connectivity index (χ0v) is 11.5. The van der Waals surface area contributed by atoms with E-state index in [4.69, 9.17) is 9.47 Å². The molecule has 6 heteroatoms. The maximum Gasteiger partial charge on any atom is 0.408 e. The maximum absolute atomic E-state index is 11.3. The highest BCUT2D eigenvalue weighted by Crippen LogP contribution is 2.02. The normalized spacial score (nSPS) is 10.0. The number of amides is 2. The second-order valence-electron chi connectivity index (χ2n) is 3.78. The Kier molecular flexibility index (Phi) is 9.81. The van der Waals surface area contributed by atoms with E-state index in [1.54, 1.807) is 13.8 Å². The fourth-order valence-corrected chi connectivity index (χ4v) is 1.41. The second-order valence-corrected chi connectivity index (χ2v) is 3.78. The molecule has 2 N–H and O–H groups in total. The van der Waals surface area contributed by atoms with Crippen molar-refractivity contribution in [3.8, 4) is 0 Å². The van der Waals surface area contributed by atoms with Crippen molar-refractivity contribution in [3.63, 3.8) is 0 Å². The van der Waals surface area contributed by atoms with Crippen LogP contribution >= 0.6 is 0 Å². The van der Waals surface area contributed by atoms with Gasteiger partial charge in [0, 0.05) is 0 Å². The zero-order valence-electron chi connectivity index (χ0n) is 11.5. The van der Waals surface area contributed by atoms with E-state index in [0.29, 0.717) is 19.6 Å². The first-order valence-electron chi connectivity index (χ1n) is 6.50.